The lowest BCUT2D eigenvalue weighted by atomic mass is 9.92. The lowest BCUT2D eigenvalue weighted by Gasteiger charge is -2.42. The van der Waals surface area contributed by atoms with E-state index in [2.05, 4.69) is 14.9 Å². The maximum atomic E-state index is 13.9. The van der Waals surface area contributed by atoms with Crippen molar-refractivity contribution in [1.29, 1.82) is 0 Å². The molecule has 3 aromatic rings. The fourth-order valence-electron chi connectivity index (χ4n) is 6.19. The molecule has 1 atom stereocenters. The van der Waals surface area contributed by atoms with Gasteiger partial charge in [0.2, 0.25) is 5.91 Å². The Bertz CT molecular complexity index is 1390. The summed E-state index contributed by atoms with van der Waals surface area (Å²) >= 11 is 0. The van der Waals surface area contributed by atoms with Crippen molar-refractivity contribution in [2.75, 3.05) is 39.3 Å². The number of carbonyl (C=O) groups is 2. The van der Waals surface area contributed by atoms with Crippen LogP contribution in [0, 0.1) is 5.92 Å². The van der Waals surface area contributed by atoms with Crippen molar-refractivity contribution >= 4 is 22.7 Å². The number of halogens is 3. The van der Waals surface area contributed by atoms with E-state index in [-0.39, 0.29) is 34.7 Å². The van der Waals surface area contributed by atoms with Crippen LogP contribution in [0.1, 0.15) is 55.5 Å². The molecule has 0 bridgehead atoms. The average molecular weight is 568 g/mol. The molecule has 0 radical (unpaired) electrons. The summed E-state index contributed by atoms with van der Waals surface area (Å²) in [5, 5.41) is 0.193. The van der Waals surface area contributed by atoms with Gasteiger partial charge in [-0.25, -0.2) is 4.98 Å². The Labute approximate surface area is 238 Å². The van der Waals surface area contributed by atoms with Crippen molar-refractivity contribution in [3.63, 3.8) is 0 Å². The minimum atomic E-state index is -4.53. The number of hydrogen-bond donors (Lipinski definition) is 0. The van der Waals surface area contributed by atoms with Crippen molar-refractivity contribution in [2.24, 2.45) is 5.92 Å². The minimum absolute atomic E-state index is 0.000862. The summed E-state index contributed by atoms with van der Waals surface area (Å²) < 4.78 is 40.7. The van der Waals surface area contributed by atoms with E-state index >= 15 is 0 Å². The fraction of sp³-hybridized carbons (Fsp3) is 0.484. The molecule has 1 aromatic carbocycles. The molecule has 218 valence electrons. The molecule has 7 nitrogen and oxygen atoms in total. The van der Waals surface area contributed by atoms with Gasteiger partial charge in [-0.05, 0) is 82.5 Å². The molecule has 2 aromatic heterocycles. The van der Waals surface area contributed by atoms with Gasteiger partial charge in [-0.2, -0.15) is 13.2 Å². The number of amides is 2. The highest BCUT2D eigenvalue weighted by Crippen LogP contribution is 2.34. The second kappa shape index (κ2) is 12.1. The third-order valence-corrected chi connectivity index (χ3v) is 8.49. The quantitative estimate of drug-likeness (QED) is 0.394. The molecule has 0 aliphatic carbocycles. The number of pyridine rings is 2. The number of benzene rings is 1. The van der Waals surface area contributed by atoms with E-state index in [4.69, 9.17) is 0 Å². The zero-order valence-electron chi connectivity index (χ0n) is 23.5. The van der Waals surface area contributed by atoms with Crippen LogP contribution in [0.3, 0.4) is 0 Å². The number of likely N-dealkylation sites (tertiary alicyclic amines) is 2. The number of carbonyl (C=O) groups excluding carboxylic acids is 2. The summed E-state index contributed by atoms with van der Waals surface area (Å²) in [7, 11) is 0. The van der Waals surface area contributed by atoms with Gasteiger partial charge in [-0.3, -0.25) is 19.5 Å². The highest BCUT2D eigenvalue weighted by molar-refractivity contribution is 6.07. The van der Waals surface area contributed by atoms with Crippen molar-refractivity contribution in [2.45, 2.75) is 51.7 Å². The van der Waals surface area contributed by atoms with E-state index in [0.29, 0.717) is 37.4 Å². The van der Waals surface area contributed by atoms with E-state index in [0.717, 1.165) is 56.5 Å². The second-order valence-electron chi connectivity index (χ2n) is 10.9. The molecule has 0 spiro atoms. The molecular weight excluding hydrogens is 531 g/mol. The lowest BCUT2D eigenvalue weighted by Crippen LogP contribution is -2.52. The molecule has 0 saturated carbocycles. The zero-order valence-corrected chi connectivity index (χ0v) is 23.5. The second-order valence-corrected chi connectivity index (χ2v) is 10.9. The van der Waals surface area contributed by atoms with Crippen LogP contribution >= 0.6 is 0 Å². The van der Waals surface area contributed by atoms with Gasteiger partial charge >= 0.3 is 6.18 Å². The van der Waals surface area contributed by atoms with Gasteiger partial charge in [-0.1, -0.05) is 0 Å². The summed E-state index contributed by atoms with van der Waals surface area (Å²) in [6.07, 6.45) is 2.08. The molecule has 2 fully saturated rings. The van der Waals surface area contributed by atoms with E-state index in [1.54, 1.807) is 35.5 Å². The third-order valence-electron chi connectivity index (χ3n) is 8.49. The molecule has 41 heavy (non-hydrogen) atoms. The Morgan fingerprint density at radius 2 is 1.68 bits per heavy atom. The van der Waals surface area contributed by atoms with Gasteiger partial charge < -0.3 is 9.80 Å². The lowest BCUT2D eigenvalue weighted by molar-refractivity contribution is -0.138. The number of rotatable bonds is 6. The van der Waals surface area contributed by atoms with Crippen LogP contribution in [0.25, 0.3) is 22.2 Å². The van der Waals surface area contributed by atoms with Gasteiger partial charge in [0.05, 0.1) is 28.3 Å². The molecular formula is C31H36F3N5O2. The number of alkyl halides is 3. The van der Waals surface area contributed by atoms with E-state index in [1.807, 2.05) is 18.7 Å². The van der Waals surface area contributed by atoms with Crippen LogP contribution < -0.4 is 0 Å². The van der Waals surface area contributed by atoms with Crippen LogP contribution in [0.4, 0.5) is 13.2 Å². The van der Waals surface area contributed by atoms with Crippen LogP contribution in [0.5, 0.6) is 0 Å². The highest BCUT2D eigenvalue weighted by atomic mass is 19.4. The molecule has 2 amide bonds. The first-order chi connectivity index (χ1) is 19.7. The average Bonchev–Trinajstić information content (AvgIpc) is 3.00. The molecule has 4 heterocycles. The summed E-state index contributed by atoms with van der Waals surface area (Å²) in [4.78, 5) is 41.5. The fourth-order valence-corrected chi connectivity index (χ4v) is 6.19. The predicted molar refractivity (Wildman–Crippen MR) is 151 cm³/mol. The molecule has 10 heteroatoms. The van der Waals surface area contributed by atoms with Crippen LogP contribution in [0.2, 0.25) is 0 Å². The molecule has 2 saturated heterocycles. The largest absolute Gasteiger partial charge is 0.416 e. The van der Waals surface area contributed by atoms with E-state index < -0.39 is 11.7 Å². The summed E-state index contributed by atoms with van der Waals surface area (Å²) in [5.41, 5.74) is 0.982. The Kier molecular flexibility index (Phi) is 8.58. The maximum Gasteiger partial charge on any atom is 0.416 e. The Morgan fingerprint density at radius 3 is 2.34 bits per heavy atom. The SMILES string of the molecule is CCN(CC)C(=O)[C@@H]1CCCN(C2CCN(C(=O)c3cc(-c4ccncc4)nc4ccc(C(F)(F)F)cc34)CC2)C1. The topological polar surface area (TPSA) is 69.6 Å². The van der Waals surface area contributed by atoms with Crippen molar-refractivity contribution in [1.82, 2.24) is 24.7 Å². The van der Waals surface area contributed by atoms with Gasteiger partial charge in [0.25, 0.3) is 5.91 Å². The van der Waals surface area contributed by atoms with Crippen molar-refractivity contribution in [3.8, 4) is 11.3 Å². The predicted octanol–water partition coefficient (Wildman–Crippen LogP) is 5.50. The summed E-state index contributed by atoms with van der Waals surface area (Å²) in [6, 6.07) is 8.74. The van der Waals surface area contributed by atoms with Crippen molar-refractivity contribution in [3.05, 3.63) is 59.9 Å². The van der Waals surface area contributed by atoms with E-state index in [9.17, 15) is 22.8 Å². The molecule has 0 unspecified atom stereocenters. The van der Waals surface area contributed by atoms with Crippen LogP contribution in [-0.4, -0.2) is 81.8 Å². The van der Waals surface area contributed by atoms with Gasteiger partial charge in [0, 0.05) is 62.1 Å². The first-order valence-electron chi connectivity index (χ1n) is 14.4. The van der Waals surface area contributed by atoms with Crippen LogP contribution in [-0.2, 0) is 11.0 Å². The van der Waals surface area contributed by atoms with Gasteiger partial charge in [0.15, 0.2) is 0 Å². The normalized spacial score (nSPS) is 19.0. The molecule has 2 aliphatic rings. The first kappa shape index (κ1) is 29.0. The van der Waals surface area contributed by atoms with Gasteiger partial charge in [-0.15, -0.1) is 0 Å². The number of fused-ring (bicyclic) bond motifs is 1. The smallest absolute Gasteiger partial charge is 0.343 e. The number of nitrogens with zero attached hydrogens (tertiary/aromatic N) is 5. The monoisotopic (exact) mass is 567 g/mol. The zero-order chi connectivity index (χ0) is 29.1. The Morgan fingerprint density at radius 1 is 0.976 bits per heavy atom. The highest BCUT2D eigenvalue weighted by Gasteiger charge is 2.35. The molecule has 2 aliphatic heterocycles. The number of hydrogen-bond acceptors (Lipinski definition) is 5. The summed E-state index contributed by atoms with van der Waals surface area (Å²) in [5.74, 6) is -0.0697. The molecule has 5 rings (SSSR count). The van der Waals surface area contributed by atoms with Gasteiger partial charge in [0.1, 0.15) is 0 Å². The summed E-state index contributed by atoms with van der Waals surface area (Å²) in [6.45, 7) is 8.11. The number of aromatic nitrogens is 2. The Balaban J connectivity index is 1.36. The Hall–Kier alpha value is -3.53. The third kappa shape index (κ3) is 6.22. The molecule has 0 N–H and O–H groups in total. The van der Waals surface area contributed by atoms with Crippen LogP contribution in [0.15, 0.2) is 48.8 Å². The maximum absolute atomic E-state index is 13.9. The van der Waals surface area contributed by atoms with E-state index in [1.165, 1.54) is 6.07 Å². The minimum Gasteiger partial charge on any atom is -0.343 e. The standard InChI is InChI=1S/C31H36F3N5O2/c1-3-37(4-2)29(40)22-6-5-15-39(20-22)24-11-16-38(17-12-24)30(41)26-19-28(21-9-13-35-14-10-21)36-27-8-7-23(18-25(26)27)31(32,33)34/h7-10,13-14,18-19,22,24H,3-6,11-12,15-17,20H2,1-2H3/t22-/m1/s1. The number of piperidine rings is 2. The van der Waals surface area contributed by atoms with Crippen molar-refractivity contribution < 1.29 is 22.8 Å². The first-order valence-corrected chi connectivity index (χ1v) is 14.4.